The van der Waals surface area contributed by atoms with Gasteiger partial charge < -0.3 is 9.80 Å². The van der Waals surface area contributed by atoms with Gasteiger partial charge in [-0.3, -0.25) is 9.59 Å². The van der Waals surface area contributed by atoms with Gasteiger partial charge in [0.2, 0.25) is 0 Å². The number of carbonyl (C=O) groups excluding carboxylic acids is 2. The zero-order valence-electron chi connectivity index (χ0n) is 18.2. The van der Waals surface area contributed by atoms with Gasteiger partial charge in [-0.15, -0.1) is 11.8 Å². The number of nitrogens with zero attached hydrogens (tertiary/aromatic N) is 2. The molecular formula is C26H22Cl2N2O2S. The minimum Gasteiger partial charge on any atom is -0.310 e. The second-order valence-corrected chi connectivity index (χ2v) is 11.7. The lowest BCUT2D eigenvalue weighted by Crippen LogP contribution is -2.50. The molecule has 2 heterocycles. The Bertz CT molecular complexity index is 1260. The predicted octanol–water partition coefficient (Wildman–Crippen LogP) is 6.36. The molecule has 3 aromatic carbocycles. The number of amides is 2. The van der Waals surface area contributed by atoms with Gasteiger partial charge in [0, 0.05) is 32.5 Å². The first-order valence-electron chi connectivity index (χ1n) is 10.6. The van der Waals surface area contributed by atoms with Crippen LogP contribution < -0.4 is 4.90 Å². The smallest absolute Gasteiger partial charge is 0.268 e. The Morgan fingerprint density at radius 3 is 2.42 bits per heavy atom. The van der Waals surface area contributed by atoms with Crippen molar-refractivity contribution < 1.29 is 9.59 Å². The number of carbonyl (C=O) groups is 2. The summed E-state index contributed by atoms with van der Waals surface area (Å²) in [5, 5.41) is 1.01. The van der Waals surface area contributed by atoms with Crippen LogP contribution >= 0.6 is 35.0 Å². The third-order valence-corrected chi connectivity index (χ3v) is 8.05. The minimum atomic E-state index is -1.20. The van der Waals surface area contributed by atoms with Crippen molar-refractivity contribution in [2.45, 2.75) is 30.0 Å². The second-order valence-electron chi connectivity index (χ2n) is 8.95. The van der Waals surface area contributed by atoms with E-state index in [0.717, 1.165) is 16.8 Å². The van der Waals surface area contributed by atoms with Crippen LogP contribution in [-0.4, -0.2) is 28.0 Å². The van der Waals surface area contributed by atoms with Crippen LogP contribution in [0, 0.1) is 0 Å². The second kappa shape index (κ2) is 8.08. The van der Waals surface area contributed by atoms with E-state index >= 15 is 0 Å². The predicted molar refractivity (Wildman–Crippen MR) is 135 cm³/mol. The molecule has 168 valence electrons. The molecule has 2 aliphatic rings. The van der Waals surface area contributed by atoms with Crippen molar-refractivity contribution in [2.24, 2.45) is 0 Å². The fourth-order valence-corrected chi connectivity index (χ4v) is 6.76. The summed E-state index contributed by atoms with van der Waals surface area (Å²) in [4.78, 5) is 30.3. The molecule has 0 aromatic heterocycles. The Balaban J connectivity index is 1.66. The Morgan fingerprint density at radius 2 is 1.70 bits per heavy atom. The molecule has 3 aromatic rings. The highest BCUT2D eigenvalue weighted by Crippen LogP contribution is 2.60. The fourth-order valence-electron chi connectivity index (χ4n) is 4.68. The summed E-state index contributed by atoms with van der Waals surface area (Å²) in [7, 11) is 0. The summed E-state index contributed by atoms with van der Waals surface area (Å²) in [6.45, 7) is 4.94. The first-order chi connectivity index (χ1) is 15.7. The maximum Gasteiger partial charge on any atom is 0.268 e. The van der Waals surface area contributed by atoms with E-state index in [-0.39, 0.29) is 16.6 Å². The molecule has 0 N–H and O–H groups in total. The number of rotatable bonds is 3. The number of hydrogen-bond donors (Lipinski definition) is 0. The van der Waals surface area contributed by atoms with Gasteiger partial charge >= 0.3 is 0 Å². The van der Waals surface area contributed by atoms with Crippen LogP contribution in [0.1, 0.15) is 35.3 Å². The van der Waals surface area contributed by atoms with Gasteiger partial charge in [0.15, 0.2) is 4.87 Å². The number of anilines is 1. The zero-order chi connectivity index (χ0) is 23.4. The number of thioether (sulfide) groups is 1. The first-order valence-corrected chi connectivity index (χ1v) is 12.2. The minimum absolute atomic E-state index is 0.130. The zero-order valence-corrected chi connectivity index (χ0v) is 20.5. The number of halogens is 2. The van der Waals surface area contributed by atoms with E-state index in [1.165, 1.54) is 11.8 Å². The van der Waals surface area contributed by atoms with Crippen molar-refractivity contribution in [1.29, 1.82) is 0 Å². The van der Waals surface area contributed by atoms with Gasteiger partial charge in [0.25, 0.3) is 11.8 Å². The molecule has 0 unspecified atom stereocenters. The van der Waals surface area contributed by atoms with E-state index in [0.29, 0.717) is 28.7 Å². The molecule has 0 bridgehead atoms. The Labute approximate surface area is 207 Å². The van der Waals surface area contributed by atoms with Gasteiger partial charge in [0.05, 0.1) is 12.2 Å². The third kappa shape index (κ3) is 3.72. The van der Waals surface area contributed by atoms with E-state index in [1.54, 1.807) is 40.1 Å². The molecule has 1 spiro atoms. The summed E-state index contributed by atoms with van der Waals surface area (Å²) in [6, 6.07) is 22.2. The molecule has 0 radical (unpaired) electrons. The van der Waals surface area contributed by atoms with Crippen LogP contribution in [0.5, 0.6) is 0 Å². The molecule has 4 nitrogen and oxygen atoms in total. The van der Waals surface area contributed by atoms with E-state index in [4.69, 9.17) is 23.2 Å². The highest BCUT2D eigenvalue weighted by molar-refractivity contribution is 8.02. The monoisotopic (exact) mass is 496 g/mol. The van der Waals surface area contributed by atoms with Gasteiger partial charge in [0.1, 0.15) is 0 Å². The molecule has 0 saturated carbocycles. The molecule has 1 fully saturated rings. The lowest BCUT2D eigenvalue weighted by molar-refractivity contribution is -0.123. The van der Waals surface area contributed by atoms with Crippen molar-refractivity contribution in [3.8, 4) is 0 Å². The average molecular weight is 497 g/mol. The topological polar surface area (TPSA) is 40.6 Å². The largest absolute Gasteiger partial charge is 0.310 e. The molecular weight excluding hydrogens is 475 g/mol. The van der Waals surface area contributed by atoms with Crippen LogP contribution in [0.3, 0.4) is 0 Å². The molecule has 2 aliphatic heterocycles. The molecule has 7 heteroatoms. The Kier molecular flexibility index (Phi) is 5.47. The van der Waals surface area contributed by atoms with Crippen LogP contribution in [0.15, 0.2) is 72.8 Å². The maximum absolute atomic E-state index is 14.2. The SMILES string of the molecule is CC1(C)CN(C(=O)c2cccc(Cl)c2)[C@@]2(S1)C(=O)N(Cc1ccccc1)c1ccc(Cl)cc12. The summed E-state index contributed by atoms with van der Waals surface area (Å²) in [6.07, 6.45) is 0. The van der Waals surface area contributed by atoms with E-state index in [2.05, 4.69) is 13.8 Å². The summed E-state index contributed by atoms with van der Waals surface area (Å²) >= 11 is 14.1. The molecule has 5 rings (SSSR count). The van der Waals surface area contributed by atoms with Gasteiger partial charge in [-0.25, -0.2) is 0 Å². The number of hydrogen-bond acceptors (Lipinski definition) is 3. The first kappa shape index (κ1) is 22.3. The Hall–Kier alpha value is -2.47. The van der Waals surface area contributed by atoms with Crippen molar-refractivity contribution in [1.82, 2.24) is 4.90 Å². The third-order valence-electron chi connectivity index (χ3n) is 5.99. The lowest BCUT2D eigenvalue weighted by atomic mass is 10.0. The van der Waals surface area contributed by atoms with Crippen molar-refractivity contribution in [3.63, 3.8) is 0 Å². The summed E-state index contributed by atoms with van der Waals surface area (Å²) < 4.78 is -0.341. The highest BCUT2D eigenvalue weighted by Gasteiger charge is 2.63. The molecule has 1 saturated heterocycles. The molecule has 33 heavy (non-hydrogen) atoms. The van der Waals surface area contributed by atoms with Gasteiger partial charge in [-0.2, -0.15) is 0 Å². The van der Waals surface area contributed by atoms with E-state index < -0.39 is 4.87 Å². The van der Waals surface area contributed by atoms with Crippen molar-refractivity contribution >= 4 is 52.5 Å². The number of benzene rings is 3. The van der Waals surface area contributed by atoms with Crippen LogP contribution in [0.25, 0.3) is 0 Å². The van der Waals surface area contributed by atoms with Crippen molar-refractivity contribution in [2.75, 3.05) is 11.4 Å². The maximum atomic E-state index is 14.2. The van der Waals surface area contributed by atoms with Crippen LogP contribution in [-0.2, 0) is 16.2 Å². The molecule has 0 aliphatic carbocycles. The summed E-state index contributed by atoms with van der Waals surface area (Å²) in [5.41, 5.74) is 3.00. The average Bonchev–Trinajstić information content (AvgIpc) is 3.20. The van der Waals surface area contributed by atoms with E-state index in [1.807, 2.05) is 42.5 Å². The highest BCUT2D eigenvalue weighted by atomic mass is 35.5. The fraction of sp³-hybridized carbons (Fsp3) is 0.231. The van der Waals surface area contributed by atoms with Crippen molar-refractivity contribution in [3.05, 3.63) is 99.5 Å². The van der Waals surface area contributed by atoms with Gasteiger partial charge in [-0.05, 0) is 55.8 Å². The number of fused-ring (bicyclic) bond motifs is 2. The van der Waals surface area contributed by atoms with E-state index in [9.17, 15) is 9.59 Å². The Morgan fingerprint density at radius 1 is 0.970 bits per heavy atom. The molecule has 2 amide bonds. The normalized spacial score (nSPS) is 21.0. The molecule has 1 atom stereocenters. The standard InChI is InChI=1S/C26H22Cl2N2O2S/c1-25(2)16-30(23(31)18-9-6-10-19(27)13-18)26(33-25)21-14-20(28)11-12-22(21)29(24(26)32)15-17-7-4-3-5-8-17/h3-14H,15-16H2,1-2H3/t26-/m0/s1. The lowest BCUT2D eigenvalue weighted by Gasteiger charge is -2.33. The van der Waals surface area contributed by atoms with Crippen LogP contribution in [0.2, 0.25) is 10.0 Å². The van der Waals surface area contributed by atoms with Crippen LogP contribution in [0.4, 0.5) is 5.69 Å². The summed E-state index contributed by atoms with van der Waals surface area (Å²) in [5.74, 6) is -0.356. The quantitative estimate of drug-likeness (QED) is 0.423. The van der Waals surface area contributed by atoms with Gasteiger partial charge in [-0.1, -0.05) is 59.6 Å².